The van der Waals surface area contributed by atoms with Gasteiger partial charge in [-0.2, -0.15) is 0 Å². The number of nitrogens with zero attached hydrogens (tertiary/aromatic N) is 2. The molecule has 0 radical (unpaired) electrons. The lowest BCUT2D eigenvalue weighted by Gasteiger charge is -2.27. The van der Waals surface area contributed by atoms with E-state index in [1.807, 2.05) is 6.07 Å². The standard InChI is InChI=1S/C19H22N4O4/c1-10-8-22(9-11(10)7-20)12-2-3-13-14(6-12)19(27)23(18(13)26)15-4-5-16(24)21-17(15)25/h2-3,6,10-11,15H,4-5,7-9,20H2,1H3,(H,21,24,25)/t10-,11-,15?/m1/s1. The number of benzene rings is 1. The molecule has 0 aliphatic carbocycles. The Morgan fingerprint density at radius 2 is 1.85 bits per heavy atom. The van der Waals surface area contributed by atoms with Gasteiger partial charge in [0.1, 0.15) is 6.04 Å². The van der Waals surface area contributed by atoms with Crippen molar-refractivity contribution in [1.82, 2.24) is 10.2 Å². The summed E-state index contributed by atoms with van der Waals surface area (Å²) >= 11 is 0. The summed E-state index contributed by atoms with van der Waals surface area (Å²) in [5.41, 5.74) is 7.32. The molecule has 1 aromatic carbocycles. The molecule has 3 heterocycles. The number of fused-ring (bicyclic) bond motifs is 1. The van der Waals surface area contributed by atoms with Crippen molar-refractivity contribution in [2.24, 2.45) is 17.6 Å². The summed E-state index contributed by atoms with van der Waals surface area (Å²) in [7, 11) is 0. The van der Waals surface area contributed by atoms with Crippen molar-refractivity contribution in [2.75, 3.05) is 24.5 Å². The van der Waals surface area contributed by atoms with Gasteiger partial charge in [-0.05, 0) is 43.0 Å². The third kappa shape index (κ3) is 2.80. The fourth-order valence-corrected chi connectivity index (χ4v) is 4.21. The molecule has 3 aliphatic rings. The van der Waals surface area contributed by atoms with E-state index in [0.29, 0.717) is 29.5 Å². The number of hydrogen-bond acceptors (Lipinski definition) is 6. The topological polar surface area (TPSA) is 113 Å². The van der Waals surface area contributed by atoms with Gasteiger partial charge in [0.15, 0.2) is 0 Å². The van der Waals surface area contributed by atoms with Crippen LogP contribution in [0.25, 0.3) is 0 Å². The molecule has 4 rings (SSSR count). The Morgan fingerprint density at radius 3 is 2.52 bits per heavy atom. The van der Waals surface area contributed by atoms with Crippen LogP contribution >= 0.6 is 0 Å². The van der Waals surface area contributed by atoms with Crippen LogP contribution in [-0.4, -0.2) is 54.2 Å². The molecule has 2 fully saturated rings. The second-order valence-electron chi connectivity index (χ2n) is 7.56. The summed E-state index contributed by atoms with van der Waals surface area (Å²) in [6, 6.07) is 4.28. The molecule has 3 atom stereocenters. The van der Waals surface area contributed by atoms with Crippen molar-refractivity contribution in [3.8, 4) is 0 Å². The SMILES string of the molecule is C[C@@H]1CN(c2ccc3c(c2)C(=O)N(C2CCC(=O)NC2=O)C3=O)C[C@H]1CN. The van der Waals surface area contributed by atoms with Crippen LogP contribution in [-0.2, 0) is 9.59 Å². The van der Waals surface area contributed by atoms with Crippen LogP contribution < -0.4 is 16.0 Å². The largest absolute Gasteiger partial charge is 0.371 e. The maximum absolute atomic E-state index is 12.9. The number of carbonyl (C=O) groups excluding carboxylic acids is 4. The molecule has 8 nitrogen and oxygen atoms in total. The van der Waals surface area contributed by atoms with E-state index in [2.05, 4.69) is 17.1 Å². The number of hydrogen-bond donors (Lipinski definition) is 2. The van der Waals surface area contributed by atoms with Crippen LogP contribution in [0, 0.1) is 11.8 Å². The first-order valence-corrected chi connectivity index (χ1v) is 9.21. The zero-order valence-corrected chi connectivity index (χ0v) is 15.1. The highest BCUT2D eigenvalue weighted by Gasteiger charge is 2.45. The number of nitrogens with one attached hydrogen (secondary N) is 1. The number of imide groups is 2. The van der Waals surface area contributed by atoms with Crippen molar-refractivity contribution in [1.29, 1.82) is 0 Å². The Kier molecular flexibility index (Phi) is 4.22. The van der Waals surface area contributed by atoms with E-state index in [4.69, 9.17) is 5.73 Å². The first-order valence-electron chi connectivity index (χ1n) is 9.21. The van der Waals surface area contributed by atoms with Crippen LogP contribution in [0.15, 0.2) is 18.2 Å². The minimum absolute atomic E-state index is 0.112. The summed E-state index contributed by atoms with van der Waals surface area (Å²) < 4.78 is 0. The zero-order valence-electron chi connectivity index (χ0n) is 15.1. The van der Waals surface area contributed by atoms with Gasteiger partial charge in [0.25, 0.3) is 11.8 Å². The van der Waals surface area contributed by atoms with Gasteiger partial charge in [-0.15, -0.1) is 0 Å². The van der Waals surface area contributed by atoms with E-state index in [-0.39, 0.29) is 18.7 Å². The molecule has 0 saturated carbocycles. The summed E-state index contributed by atoms with van der Waals surface area (Å²) in [5, 5.41) is 2.20. The Labute approximate surface area is 156 Å². The molecule has 142 valence electrons. The average Bonchev–Trinajstić information content (AvgIpc) is 3.14. The second kappa shape index (κ2) is 6.45. The quantitative estimate of drug-likeness (QED) is 0.731. The van der Waals surface area contributed by atoms with E-state index >= 15 is 0 Å². The maximum atomic E-state index is 12.9. The van der Waals surface area contributed by atoms with Crippen LogP contribution in [0.4, 0.5) is 5.69 Å². The van der Waals surface area contributed by atoms with Gasteiger partial charge in [0.05, 0.1) is 11.1 Å². The Bertz CT molecular complexity index is 852. The molecule has 0 spiro atoms. The van der Waals surface area contributed by atoms with Crippen molar-refractivity contribution in [3.63, 3.8) is 0 Å². The molecular formula is C19H22N4O4. The highest BCUT2D eigenvalue weighted by atomic mass is 16.2. The van der Waals surface area contributed by atoms with Crippen molar-refractivity contribution >= 4 is 29.3 Å². The number of nitrogens with two attached hydrogens (primary N) is 1. The number of anilines is 1. The Balaban J connectivity index is 1.61. The number of amides is 4. The molecule has 3 N–H and O–H groups in total. The monoisotopic (exact) mass is 370 g/mol. The first kappa shape index (κ1) is 17.7. The normalized spacial score (nSPS) is 28.0. The Hall–Kier alpha value is -2.74. The first-order chi connectivity index (χ1) is 12.9. The van der Waals surface area contributed by atoms with Gasteiger partial charge in [-0.25, -0.2) is 0 Å². The molecule has 0 aromatic heterocycles. The van der Waals surface area contributed by atoms with Gasteiger partial charge in [0.2, 0.25) is 11.8 Å². The lowest BCUT2D eigenvalue weighted by atomic mass is 9.99. The molecule has 8 heteroatoms. The van der Waals surface area contributed by atoms with Crippen LogP contribution in [0.1, 0.15) is 40.5 Å². The fourth-order valence-electron chi connectivity index (χ4n) is 4.21. The lowest BCUT2D eigenvalue weighted by Crippen LogP contribution is -2.54. The summed E-state index contributed by atoms with van der Waals surface area (Å²) in [4.78, 5) is 52.2. The van der Waals surface area contributed by atoms with E-state index in [9.17, 15) is 19.2 Å². The van der Waals surface area contributed by atoms with Gasteiger partial charge < -0.3 is 10.6 Å². The minimum atomic E-state index is -0.938. The smallest absolute Gasteiger partial charge is 0.262 e. The average molecular weight is 370 g/mol. The van der Waals surface area contributed by atoms with Crippen molar-refractivity contribution < 1.29 is 19.2 Å². The predicted molar refractivity (Wildman–Crippen MR) is 97.0 cm³/mol. The molecule has 2 saturated heterocycles. The molecule has 0 bridgehead atoms. The molecule has 4 amide bonds. The van der Waals surface area contributed by atoms with Crippen molar-refractivity contribution in [2.45, 2.75) is 25.8 Å². The van der Waals surface area contributed by atoms with Gasteiger partial charge in [-0.3, -0.25) is 29.4 Å². The third-order valence-corrected chi connectivity index (χ3v) is 5.86. The molecular weight excluding hydrogens is 348 g/mol. The van der Waals surface area contributed by atoms with E-state index in [1.165, 1.54) is 0 Å². The molecule has 3 aliphatic heterocycles. The Morgan fingerprint density at radius 1 is 1.11 bits per heavy atom. The van der Waals surface area contributed by atoms with E-state index in [1.54, 1.807) is 12.1 Å². The van der Waals surface area contributed by atoms with Gasteiger partial charge >= 0.3 is 0 Å². The summed E-state index contributed by atoms with van der Waals surface area (Å²) in [5.74, 6) is -1.08. The number of carbonyl (C=O) groups is 4. The van der Waals surface area contributed by atoms with Gasteiger partial charge in [0, 0.05) is 25.2 Å². The summed E-state index contributed by atoms with van der Waals surface area (Å²) in [6.07, 6.45) is 0.270. The van der Waals surface area contributed by atoms with E-state index < -0.39 is 23.8 Å². The molecule has 1 unspecified atom stereocenters. The van der Waals surface area contributed by atoms with Crippen LogP contribution in [0.3, 0.4) is 0 Å². The number of piperidine rings is 1. The third-order valence-electron chi connectivity index (χ3n) is 5.86. The van der Waals surface area contributed by atoms with Crippen molar-refractivity contribution in [3.05, 3.63) is 29.3 Å². The predicted octanol–water partition coefficient (Wildman–Crippen LogP) is 0.119. The van der Waals surface area contributed by atoms with Crippen LogP contribution in [0.5, 0.6) is 0 Å². The molecule has 1 aromatic rings. The minimum Gasteiger partial charge on any atom is -0.371 e. The summed E-state index contributed by atoms with van der Waals surface area (Å²) in [6.45, 7) is 4.43. The van der Waals surface area contributed by atoms with E-state index in [0.717, 1.165) is 23.7 Å². The maximum Gasteiger partial charge on any atom is 0.262 e. The van der Waals surface area contributed by atoms with Crippen LogP contribution in [0.2, 0.25) is 0 Å². The fraction of sp³-hybridized carbons (Fsp3) is 0.474. The highest BCUT2D eigenvalue weighted by Crippen LogP contribution is 2.33. The van der Waals surface area contributed by atoms with Gasteiger partial charge in [-0.1, -0.05) is 6.92 Å². The zero-order chi connectivity index (χ0) is 19.3. The lowest BCUT2D eigenvalue weighted by molar-refractivity contribution is -0.136. The molecule has 27 heavy (non-hydrogen) atoms. The second-order valence-corrected chi connectivity index (χ2v) is 7.56. The number of rotatable bonds is 3. The highest BCUT2D eigenvalue weighted by molar-refractivity contribution is 6.23.